The van der Waals surface area contributed by atoms with Gasteiger partial charge in [0.1, 0.15) is 0 Å². The molecule has 1 saturated heterocycles. The van der Waals surface area contributed by atoms with Gasteiger partial charge in [0.05, 0.1) is 0 Å². The Hall–Kier alpha value is -1.30. The monoisotopic (exact) mass is 196 g/mol. The van der Waals surface area contributed by atoms with Gasteiger partial charge in [-0.3, -0.25) is 0 Å². The van der Waals surface area contributed by atoms with E-state index >= 15 is 0 Å². The number of aromatic nitrogens is 3. The molecule has 78 valence electrons. The molecule has 1 aliphatic heterocycles. The summed E-state index contributed by atoms with van der Waals surface area (Å²) in [5, 5.41) is 6.69. The standard InChI is InChI=1S/C8H16N6/c1-2-13-3-5-14(6-4-13)8-10-7(9)11-12-8/h2-6H2,1H3,(H3,9,10,11,12). The predicted molar refractivity (Wildman–Crippen MR) is 55.1 cm³/mol. The number of nitrogens with zero attached hydrogens (tertiary/aromatic N) is 4. The topological polar surface area (TPSA) is 74.1 Å². The van der Waals surface area contributed by atoms with Gasteiger partial charge in [0, 0.05) is 26.2 Å². The first-order chi connectivity index (χ1) is 6.79. The Morgan fingerprint density at radius 1 is 1.36 bits per heavy atom. The summed E-state index contributed by atoms with van der Waals surface area (Å²) in [5.74, 6) is 1.11. The number of hydrogen-bond donors (Lipinski definition) is 2. The van der Waals surface area contributed by atoms with E-state index in [9.17, 15) is 0 Å². The van der Waals surface area contributed by atoms with Crippen molar-refractivity contribution in [3.8, 4) is 0 Å². The maximum absolute atomic E-state index is 5.47. The molecule has 14 heavy (non-hydrogen) atoms. The van der Waals surface area contributed by atoms with E-state index in [1.807, 2.05) is 0 Å². The number of anilines is 2. The van der Waals surface area contributed by atoms with Gasteiger partial charge < -0.3 is 15.5 Å². The number of piperazine rings is 1. The van der Waals surface area contributed by atoms with Crippen molar-refractivity contribution < 1.29 is 0 Å². The maximum Gasteiger partial charge on any atom is 0.246 e. The quantitative estimate of drug-likeness (QED) is 0.669. The van der Waals surface area contributed by atoms with Crippen LogP contribution in [0.4, 0.5) is 11.9 Å². The molecule has 0 amide bonds. The molecule has 0 unspecified atom stereocenters. The molecule has 0 saturated carbocycles. The van der Waals surface area contributed by atoms with Gasteiger partial charge in [-0.1, -0.05) is 6.92 Å². The molecule has 0 aromatic carbocycles. The fourth-order valence-corrected chi connectivity index (χ4v) is 1.67. The number of hydrogen-bond acceptors (Lipinski definition) is 5. The summed E-state index contributed by atoms with van der Waals surface area (Å²) in [7, 11) is 0. The molecule has 0 spiro atoms. The van der Waals surface area contributed by atoms with Gasteiger partial charge >= 0.3 is 0 Å². The summed E-state index contributed by atoms with van der Waals surface area (Å²) in [6.45, 7) is 7.40. The Kier molecular flexibility index (Phi) is 2.53. The molecule has 6 nitrogen and oxygen atoms in total. The fourth-order valence-electron chi connectivity index (χ4n) is 1.67. The molecule has 0 atom stereocenters. The van der Waals surface area contributed by atoms with Gasteiger partial charge in [-0.25, -0.2) is 5.10 Å². The van der Waals surface area contributed by atoms with Crippen molar-refractivity contribution in [2.24, 2.45) is 0 Å². The van der Waals surface area contributed by atoms with E-state index in [1.165, 1.54) is 0 Å². The third-order valence-electron chi connectivity index (χ3n) is 2.59. The van der Waals surface area contributed by atoms with Gasteiger partial charge in [0.2, 0.25) is 11.9 Å². The lowest BCUT2D eigenvalue weighted by molar-refractivity contribution is 0.270. The second kappa shape index (κ2) is 3.83. The first-order valence-electron chi connectivity index (χ1n) is 4.94. The van der Waals surface area contributed by atoms with Crippen LogP contribution >= 0.6 is 0 Å². The van der Waals surface area contributed by atoms with Crippen LogP contribution in [0.15, 0.2) is 0 Å². The Labute approximate surface area is 83.1 Å². The van der Waals surface area contributed by atoms with Crippen LogP contribution in [0, 0.1) is 0 Å². The van der Waals surface area contributed by atoms with Gasteiger partial charge in [-0.15, -0.1) is 5.10 Å². The lowest BCUT2D eigenvalue weighted by Gasteiger charge is -2.33. The van der Waals surface area contributed by atoms with Gasteiger partial charge in [-0.2, -0.15) is 4.98 Å². The van der Waals surface area contributed by atoms with Gasteiger partial charge in [-0.05, 0) is 6.54 Å². The first kappa shape index (κ1) is 9.26. The van der Waals surface area contributed by atoms with Crippen LogP contribution < -0.4 is 10.6 Å². The molecular weight excluding hydrogens is 180 g/mol. The van der Waals surface area contributed by atoms with Gasteiger partial charge in [0.15, 0.2) is 0 Å². The Bertz CT molecular complexity index is 288. The summed E-state index contributed by atoms with van der Waals surface area (Å²) in [4.78, 5) is 8.66. The van der Waals surface area contributed by atoms with E-state index in [2.05, 4.69) is 31.9 Å². The van der Waals surface area contributed by atoms with Crippen LogP contribution in [-0.4, -0.2) is 52.8 Å². The largest absolute Gasteiger partial charge is 0.368 e. The summed E-state index contributed by atoms with van der Waals surface area (Å²) >= 11 is 0. The lowest BCUT2D eigenvalue weighted by atomic mass is 10.3. The molecule has 0 radical (unpaired) electrons. The minimum absolute atomic E-state index is 0.387. The van der Waals surface area contributed by atoms with E-state index in [4.69, 9.17) is 5.73 Å². The highest BCUT2D eigenvalue weighted by atomic mass is 15.4. The summed E-state index contributed by atoms with van der Waals surface area (Å²) < 4.78 is 0. The molecule has 2 heterocycles. The normalized spacial score (nSPS) is 18.8. The van der Waals surface area contributed by atoms with Crippen molar-refractivity contribution in [2.75, 3.05) is 43.4 Å². The average molecular weight is 196 g/mol. The fraction of sp³-hybridized carbons (Fsp3) is 0.750. The molecule has 2 rings (SSSR count). The zero-order valence-electron chi connectivity index (χ0n) is 8.40. The second-order valence-electron chi connectivity index (χ2n) is 3.44. The lowest BCUT2D eigenvalue weighted by Crippen LogP contribution is -2.46. The Morgan fingerprint density at radius 2 is 2.07 bits per heavy atom. The van der Waals surface area contributed by atoms with Crippen molar-refractivity contribution in [3.63, 3.8) is 0 Å². The molecule has 1 aromatic heterocycles. The van der Waals surface area contributed by atoms with Crippen molar-refractivity contribution in [3.05, 3.63) is 0 Å². The minimum atomic E-state index is 0.387. The van der Waals surface area contributed by atoms with Crippen LogP contribution in [-0.2, 0) is 0 Å². The number of nitrogens with two attached hydrogens (primary N) is 1. The van der Waals surface area contributed by atoms with Crippen molar-refractivity contribution >= 4 is 11.9 Å². The molecule has 6 heteroatoms. The van der Waals surface area contributed by atoms with Crippen molar-refractivity contribution in [1.82, 2.24) is 20.1 Å². The predicted octanol–water partition coefficient (Wildman–Crippen LogP) is -0.471. The molecule has 1 aliphatic rings. The highest BCUT2D eigenvalue weighted by Gasteiger charge is 2.18. The van der Waals surface area contributed by atoms with E-state index < -0.39 is 0 Å². The van der Waals surface area contributed by atoms with E-state index in [0.717, 1.165) is 38.7 Å². The molecule has 1 fully saturated rings. The second-order valence-corrected chi connectivity index (χ2v) is 3.44. The highest BCUT2D eigenvalue weighted by molar-refractivity contribution is 5.34. The van der Waals surface area contributed by atoms with E-state index in [1.54, 1.807) is 0 Å². The summed E-state index contributed by atoms with van der Waals surface area (Å²) in [6.07, 6.45) is 0. The number of H-pyrrole nitrogens is 1. The zero-order chi connectivity index (χ0) is 9.97. The maximum atomic E-state index is 5.47. The average Bonchev–Trinajstić information content (AvgIpc) is 2.65. The number of nitrogens with one attached hydrogen (secondary N) is 1. The van der Waals surface area contributed by atoms with Crippen LogP contribution in [0.25, 0.3) is 0 Å². The Morgan fingerprint density at radius 3 is 2.57 bits per heavy atom. The number of aromatic amines is 1. The molecule has 1 aromatic rings. The third kappa shape index (κ3) is 1.79. The summed E-state index contributed by atoms with van der Waals surface area (Å²) in [5.41, 5.74) is 5.47. The molecular formula is C8H16N6. The molecule has 0 bridgehead atoms. The number of likely N-dealkylation sites (N-methyl/N-ethyl adjacent to an activating group) is 1. The molecule has 0 aliphatic carbocycles. The first-order valence-corrected chi connectivity index (χ1v) is 4.94. The van der Waals surface area contributed by atoms with E-state index in [0.29, 0.717) is 5.95 Å². The minimum Gasteiger partial charge on any atom is -0.368 e. The third-order valence-corrected chi connectivity index (χ3v) is 2.59. The van der Waals surface area contributed by atoms with Crippen molar-refractivity contribution in [1.29, 1.82) is 0 Å². The van der Waals surface area contributed by atoms with Crippen LogP contribution in [0.1, 0.15) is 6.92 Å². The zero-order valence-corrected chi connectivity index (χ0v) is 8.40. The highest BCUT2D eigenvalue weighted by Crippen LogP contribution is 2.10. The van der Waals surface area contributed by atoms with Crippen molar-refractivity contribution in [2.45, 2.75) is 6.92 Å². The molecule has 3 N–H and O–H groups in total. The van der Waals surface area contributed by atoms with Crippen LogP contribution in [0.5, 0.6) is 0 Å². The smallest absolute Gasteiger partial charge is 0.246 e. The number of rotatable bonds is 2. The number of nitrogen functional groups attached to an aromatic ring is 1. The Balaban J connectivity index is 1.95. The van der Waals surface area contributed by atoms with E-state index in [-0.39, 0.29) is 0 Å². The SMILES string of the molecule is CCN1CCN(c2n[nH]c(N)n2)CC1. The van der Waals surface area contributed by atoms with Crippen LogP contribution in [0.3, 0.4) is 0 Å². The summed E-state index contributed by atoms with van der Waals surface area (Å²) in [6, 6.07) is 0. The van der Waals surface area contributed by atoms with Gasteiger partial charge in [0.25, 0.3) is 0 Å². The van der Waals surface area contributed by atoms with Crippen LogP contribution in [0.2, 0.25) is 0 Å².